The molecule has 0 aromatic carbocycles. The van der Waals surface area contributed by atoms with E-state index >= 15 is 0 Å². The molecular formula is C7H16O2. The average molecular weight is 132 g/mol. The summed E-state index contributed by atoms with van der Waals surface area (Å²) >= 11 is 0. The first-order valence-electron chi connectivity index (χ1n) is 3.56. The Morgan fingerprint density at radius 3 is 1.56 bits per heavy atom. The fourth-order valence-electron chi connectivity index (χ4n) is 0.647. The molecule has 56 valence electrons. The molecule has 0 heterocycles. The van der Waals surface area contributed by atoms with Crippen LogP contribution in [-0.2, 0) is 0 Å². The zero-order valence-electron chi connectivity index (χ0n) is 6.17. The second kappa shape index (κ2) is 4.77. The van der Waals surface area contributed by atoms with E-state index in [0.717, 1.165) is 12.8 Å². The lowest BCUT2D eigenvalue weighted by Gasteiger charge is -2.11. The highest BCUT2D eigenvalue weighted by molar-refractivity contribution is 4.59. The Morgan fingerprint density at radius 2 is 1.33 bits per heavy atom. The van der Waals surface area contributed by atoms with Gasteiger partial charge in [0.25, 0.3) is 0 Å². The fourth-order valence-corrected chi connectivity index (χ4v) is 0.647. The summed E-state index contributed by atoms with van der Waals surface area (Å²) in [7, 11) is 0. The Morgan fingerprint density at radius 1 is 1.00 bits per heavy atom. The van der Waals surface area contributed by atoms with Crippen molar-refractivity contribution < 1.29 is 10.2 Å². The van der Waals surface area contributed by atoms with Crippen molar-refractivity contribution in [3.8, 4) is 0 Å². The Bertz CT molecular complexity index is 55.9. The topological polar surface area (TPSA) is 40.5 Å². The number of rotatable bonds is 4. The van der Waals surface area contributed by atoms with Gasteiger partial charge in [0.1, 0.15) is 0 Å². The van der Waals surface area contributed by atoms with Gasteiger partial charge in [-0.15, -0.1) is 0 Å². The van der Waals surface area contributed by atoms with Crippen LogP contribution in [0.3, 0.4) is 0 Å². The van der Waals surface area contributed by atoms with Gasteiger partial charge < -0.3 is 10.2 Å². The van der Waals surface area contributed by atoms with Gasteiger partial charge in [-0.25, -0.2) is 0 Å². The molecule has 0 aliphatic carbocycles. The maximum Gasteiger partial charge on any atom is 0.0562 e. The molecule has 0 spiro atoms. The van der Waals surface area contributed by atoms with E-state index in [1.807, 2.05) is 13.8 Å². The highest BCUT2D eigenvalue weighted by Gasteiger charge is 2.06. The van der Waals surface area contributed by atoms with E-state index in [9.17, 15) is 0 Å². The Kier molecular flexibility index (Phi) is 4.72. The summed E-state index contributed by atoms with van der Waals surface area (Å²) in [5, 5.41) is 18.0. The minimum absolute atomic E-state index is 0.319. The van der Waals surface area contributed by atoms with E-state index in [1.54, 1.807) is 0 Å². The lowest BCUT2D eigenvalue weighted by molar-refractivity contribution is 0.0765. The first-order valence-corrected chi connectivity index (χ1v) is 3.56. The predicted octanol–water partition coefficient (Wildman–Crippen LogP) is 0.918. The maximum absolute atomic E-state index is 9.00. The Labute approximate surface area is 56.5 Å². The van der Waals surface area contributed by atoms with Crippen LogP contribution in [0, 0.1) is 0 Å². The van der Waals surface area contributed by atoms with Gasteiger partial charge in [-0.3, -0.25) is 0 Å². The number of hydrogen-bond donors (Lipinski definition) is 2. The molecule has 2 nitrogen and oxygen atoms in total. The fraction of sp³-hybridized carbons (Fsp3) is 1.00. The Balaban J connectivity index is 3.22. The van der Waals surface area contributed by atoms with Crippen molar-refractivity contribution >= 4 is 0 Å². The largest absolute Gasteiger partial charge is 0.393 e. The summed E-state index contributed by atoms with van der Waals surface area (Å²) in [6.45, 7) is 3.82. The van der Waals surface area contributed by atoms with E-state index in [0.29, 0.717) is 6.42 Å². The van der Waals surface area contributed by atoms with Crippen molar-refractivity contribution in [2.75, 3.05) is 0 Å². The molecule has 0 aliphatic rings. The molecule has 0 saturated heterocycles. The van der Waals surface area contributed by atoms with E-state index in [-0.39, 0.29) is 12.2 Å². The zero-order valence-corrected chi connectivity index (χ0v) is 6.17. The lowest BCUT2D eigenvalue weighted by Crippen LogP contribution is -2.15. The second-order valence-electron chi connectivity index (χ2n) is 2.36. The molecule has 0 fully saturated rings. The normalized spacial score (nSPS) is 17.3. The van der Waals surface area contributed by atoms with E-state index in [1.165, 1.54) is 0 Å². The van der Waals surface area contributed by atoms with Crippen molar-refractivity contribution in [1.29, 1.82) is 0 Å². The van der Waals surface area contributed by atoms with Gasteiger partial charge in [0.2, 0.25) is 0 Å². The third-order valence-electron chi connectivity index (χ3n) is 1.49. The van der Waals surface area contributed by atoms with Crippen LogP contribution in [0.2, 0.25) is 0 Å². The van der Waals surface area contributed by atoms with Crippen LogP contribution in [0.4, 0.5) is 0 Å². The molecular weight excluding hydrogens is 116 g/mol. The minimum Gasteiger partial charge on any atom is -0.393 e. The minimum atomic E-state index is -0.319. The van der Waals surface area contributed by atoms with Crippen LogP contribution >= 0.6 is 0 Å². The molecule has 0 radical (unpaired) electrons. The molecule has 2 N–H and O–H groups in total. The SMILES string of the molecule is CC[C@@H](O)C[C@@H](O)CC. The first kappa shape index (κ1) is 8.92. The third kappa shape index (κ3) is 4.43. The molecule has 0 aromatic rings. The lowest BCUT2D eigenvalue weighted by atomic mass is 10.1. The second-order valence-corrected chi connectivity index (χ2v) is 2.36. The van der Waals surface area contributed by atoms with Gasteiger partial charge in [-0.2, -0.15) is 0 Å². The quantitative estimate of drug-likeness (QED) is 0.597. The van der Waals surface area contributed by atoms with Crippen molar-refractivity contribution in [3.05, 3.63) is 0 Å². The zero-order chi connectivity index (χ0) is 7.28. The van der Waals surface area contributed by atoms with Crippen LogP contribution in [0.15, 0.2) is 0 Å². The monoisotopic (exact) mass is 132 g/mol. The molecule has 0 aromatic heterocycles. The van der Waals surface area contributed by atoms with Crippen molar-refractivity contribution in [3.63, 3.8) is 0 Å². The molecule has 2 heteroatoms. The predicted molar refractivity (Wildman–Crippen MR) is 37.2 cm³/mol. The van der Waals surface area contributed by atoms with E-state index in [4.69, 9.17) is 10.2 Å². The van der Waals surface area contributed by atoms with Crippen molar-refractivity contribution in [2.24, 2.45) is 0 Å². The highest BCUT2D eigenvalue weighted by atomic mass is 16.3. The molecule has 9 heavy (non-hydrogen) atoms. The number of aliphatic hydroxyl groups excluding tert-OH is 2. The van der Waals surface area contributed by atoms with E-state index in [2.05, 4.69) is 0 Å². The van der Waals surface area contributed by atoms with Crippen LogP contribution in [0.25, 0.3) is 0 Å². The average Bonchev–Trinajstić information content (AvgIpc) is 1.87. The maximum atomic E-state index is 9.00. The van der Waals surface area contributed by atoms with Gasteiger partial charge in [0.05, 0.1) is 12.2 Å². The van der Waals surface area contributed by atoms with Crippen molar-refractivity contribution in [1.82, 2.24) is 0 Å². The molecule has 0 saturated carbocycles. The Hall–Kier alpha value is -0.0800. The first-order chi connectivity index (χ1) is 4.20. The third-order valence-corrected chi connectivity index (χ3v) is 1.49. The van der Waals surface area contributed by atoms with Gasteiger partial charge in [0, 0.05) is 0 Å². The van der Waals surface area contributed by atoms with E-state index < -0.39 is 0 Å². The summed E-state index contributed by atoms with van der Waals surface area (Å²) in [5.74, 6) is 0. The molecule has 0 amide bonds. The van der Waals surface area contributed by atoms with Gasteiger partial charge in [-0.1, -0.05) is 13.8 Å². The summed E-state index contributed by atoms with van der Waals surface area (Å²) in [5.41, 5.74) is 0. The summed E-state index contributed by atoms with van der Waals surface area (Å²) < 4.78 is 0. The smallest absolute Gasteiger partial charge is 0.0562 e. The van der Waals surface area contributed by atoms with Gasteiger partial charge >= 0.3 is 0 Å². The molecule has 0 aliphatic heterocycles. The highest BCUT2D eigenvalue weighted by Crippen LogP contribution is 2.03. The van der Waals surface area contributed by atoms with Crippen molar-refractivity contribution in [2.45, 2.75) is 45.3 Å². The molecule has 0 unspecified atom stereocenters. The van der Waals surface area contributed by atoms with Crippen LogP contribution < -0.4 is 0 Å². The van der Waals surface area contributed by atoms with Gasteiger partial charge in [-0.05, 0) is 19.3 Å². The molecule has 2 atom stereocenters. The van der Waals surface area contributed by atoms with Gasteiger partial charge in [0.15, 0.2) is 0 Å². The standard InChI is InChI=1S/C7H16O2/c1-3-6(8)5-7(9)4-2/h6-9H,3-5H2,1-2H3/t6-,7+. The summed E-state index contributed by atoms with van der Waals surface area (Å²) in [6, 6.07) is 0. The van der Waals surface area contributed by atoms with Crippen LogP contribution in [0.5, 0.6) is 0 Å². The number of hydrogen-bond acceptors (Lipinski definition) is 2. The summed E-state index contributed by atoms with van der Waals surface area (Å²) in [4.78, 5) is 0. The van der Waals surface area contributed by atoms with Crippen LogP contribution in [-0.4, -0.2) is 22.4 Å². The van der Waals surface area contributed by atoms with Crippen LogP contribution in [0.1, 0.15) is 33.1 Å². The molecule has 0 bridgehead atoms. The summed E-state index contributed by atoms with van der Waals surface area (Å²) in [6.07, 6.45) is 1.35. The molecule has 0 rings (SSSR count). The number of aliphatic hydroxyl groups is 2.